The number of nitrogens with zero attached hydrogens (tertiary/aromatic N) is 5. The van der Waals surface area contributed by atoms with E-state index in [4.69, 9.17) is 20.1 Å². The summed E-state index contributed by atoms with van der Waals surface area (Å²) in [7, 11) is 0. The van der Waals surface area contributed by atoms with Crippen LogP contribution in [0.1, 0.15) is 22.5 Å². The molecule has 0 unspecified atom stereocenters. The lowest BCUT2D eigenvalue weighted by Crippen LogP contribution is -2.01. The van der Waals surface area contributed by atoms with Crippen molar-refractivity contribution in [3.63, 3.8) is 0 Å². The molecule has 0 atom stereocenters. The Morgan fingerprint density at radius 3 is 2.03 bits per heavy atom. The van der Waals surface area contributed by atoms with Crippen molar-refractivity contribution in [2.75, 3.05) is 0 Å². The fourth-order valence-corrected chi connectivity index (χ4v) is 3.42. The lowest BCUT2D eigenvalue weighted by Gasteiger charge is -2.02. The third kappa shape index (κ3) is 4.09. The van der Waals surface area contributed by atoms with Gasteiger partial charge in [-0.15, -0.1) is 0 Å². The van der Waals surface area contributed by atoms with Crippen molar-refractivity contribution in [1.82, 2.24) is 19.6 Å². The minimum absolute atomic E-state index is 0.516. The number of hydrogen-bond acceptors (Lipinski definition) is 4. The van der Waals surface area contributed by atoms with Crippen molar-refractivity contribution in [3.05, 3.63) is 114 Å². The van der Waals surface area contributed by atoms with Crippen molar-refractivity contribution >= 4 is 30.0 Å². The monoisotopic (exact) mass is 415 g/mol. The Hall–Kier alpha value is -4.38. The SMILES string of the molecule is Cc1nn2c(/N=C/c3ccccc3)c(-c3ccccc3)nc2nc1/C=C/c1ccccc1. The highest BCUT2D eigenvalue weighted by atomic mass is 15.3. The minimum Gasteiger partial charge on any atom is -0.234 e. The molecule has 0 fully saturated rings. The first kappa shape index (κ1) is 19.6. The summed E-state index contributed by atoms with van der Waals surface area (Å²) in [6.45, 7) is 1.95. The third-order valence-corrected chi connectivity index (χ3v) is 5.07. The zero-order valence-electron chi connectivity index (χ0n) is 17.6. The molecule has 3 aromatic carbocycles. The molecule has 5 rings (SSSR count). The van der Waals surface area contributed by atoms with Crippen LogP contribution in [-0.4, -0.2) is 25.8 Å². The van der Waals surface area contributed by atoms with Crippen LogP contribution in [0.5, 0.6) is 0 Å². The van der Waals surface area contributed by atoms with Gasteiger partial charge in [-0.25, -0.2) is 15.0 Å². The fraction of sp³-hybridized carbons (Fsp3) is 0.0370. The Balaban J connectivity index is 1.62. The Labute approximate surface area is 186 Å². The number of fused-ring (bicyclic) bond motifs is 1. The maximum Gasteiger partial charge on any atom is 0.253 e. The molecule has 5 nitrogen and oxygen atoms in total. The van der Waals surface area contributed by atoms with Gasteiger partial charge in [-0.3, -0.25) is 0 Å². The number of aryl methyl sites for hydroxylation is 1. The summed E-state index contributed by atoms with van der Waals surface area (Å²) >= 11 is 0. The van der Waals surface area contributed by atoms with Crippen LogP contribution in [0.25, 0.3) is 29.2 Å². The molecule has 5 heteroatoms. The number of benzene rings is 3. The van der Waals surface area contributed by atoms with Crippen molar-refractivity contribution < 1.29 is 0 Å². The lowest BCUT2D eigenvalue weighted by atomic mass is 10.1. The van der Waals surface area contributed by atoms with E-state index in [1.54, 1.807) is 4.52 Å². The van der Waals surface area contributed by atoms with E-state index in [1.807, 2.05) is 104 Å². The molecule has 0 N–H and O–H groups in total. The standard InChI is InChI=1S/C27H21N5/c1-20-24(18-17-21-11-5-2-6-12-21)29-27-30-25(23-15-9-4-10-16-23)26(32(27)31-20)28-19-22-13-7-3-8-14-22/h2-19H,1H3/b18-17+,28-19+. The minimum atomic E-state index is 0.516. The van der Waals surface area contributed by atoms with Crippen LogP contribution in [0.2, 0.25) is 0 Å². The van der Waals surface area contributed by atoms with Crippen LogP contribution in [0.15, 0.2) is 96.0 Å². The molecule has 0 aliphatic carbocycles. The van der Waals surface area contributed by atoms with Gasteiger partial charge in [0.25, 0.3) is 5.78 Å². The van der Waals surface area contributed by atoms with E-state index in [2.05, 4.69) is 12.1 Å². The van der Waals surface area contributed by atoms with Gasteiger partial charge >= 0.3 is 0 Å². The fourth-order valence-electron chi connectivity index (χ4n) is 3.42. The molecule has 0 bridgehead atoms. The largest absolute Gasteiger partial charge is 0.253 e. The van der Waals surface area contributed by atoms with Crippen molar-refractivity contribution in [1.29, 1.82) is 0 Å². The third-order valence-electron chi connectivity index (χ3n) is 5.07. The van der Waals surface area contributed by atoms with Crippen LogP contribution in [0, 0.1) is 6.92 Å². The Morgan fingerprint density at radius 2 is 1.34 bits per heavy atom. The molecule has 0 aliphatic rings. The normalized spacial score (nSPS) is 11.7. The average molecular weight is 416 g/mol. The summed E-state index contributed by atoms with van der Waals surface area (Å²) in [4.78, 5) is 14.3. The van der Waals surface area contributed by atoms with E-state index in [-0.39, 0.29) is 0 Å². The summed E-state index contributed by atoms with van der Waals surface area (Å²) in [5.41, 5.74) is 5.42. The van der Waals surface area contributed by atoms with Crippen LogP contribution in [0.4, 0.5) is 5.82 Å². The van der Waals surface area contributed by atoms with Crippen molar-refractivity contribution in [2.45, 2.75) is 6.92 Å². The Bertz CT molecular complexity index is 1400. The molecular weight excluding hydrogens is 394 g/mol. The van der Waals surface area contributed by atoms with E-state index in [1.165, 1.54) is 0 Å². The van der Waals surface area contributed by atoms with Gasteiger partial charge in [0, 0.05) is 11.8 Å². The van der Waals surface area contributed by atoms with Crippen LogP contribution in [-0.2, 0) is 0 Å². The Morgan fingerprint density at radius 1 is 0.719 bits per heavy atom. The van der Waals surface area contributed by atoms with Gasteiger partial charge in [0.2, 0.25) is 0 Å². The second-order valence-electron chi connectivity index (χ2n) is 7.36. The topological polar surface area (TPSA) is 55.4 Å². The summed E-state index contributed by atoms with van der Waals surface area (Å²) in [5.74, 6) is 1.17. The van der Waals surface area contributed by atoms with Gasteiger partial charge in [0.05, 0.1) is 11.4 Å². The molecule has 32 heavy (non-hydrogen) atoms. The van der Waals surface area contributed by atoms with Gasteiger partial charge in [0.15, 0.2) is 5.82 Å². The molecule has 2 heterocycles. The van der Waals surface area contributed by atoms with Gasteiger partial charge in [-0.2, -0.15) is 9.61 Å². The zero-order chi connectivity index (χ0) is 21.8. The van der Waals surface area contributed by atoms with E-state index < -0.39 is 0 Å². The average Bonchev–Trinajstić information content (AvgIpc) is 3.20. The Kier molecular flexibility index (Phi) is 5.37. The molecule has 0 aliphatic heterocycles. The maximum absolute atomic E-state index is 4.79. The van der Waals surface area contributed by atoms with Crippen molar-refractivity contribution in [3.8, 4) is 11.3 Å². The highest BCUT2D eigenvalue weighted by molar-refractivity contribution is 5.84. The first-order valence-corrected chi connectivity index (χ1v) is 10.4. The summed E-state index contributed by atoms with van der Waals surface area (Å²) in [5, 5.41) is 4.77. The van der Waals surface area contributed by atoms with Gasteiger partial charge in [-0.05, 0) is 24.1 Å². The molecule has 0 saturated carbocycles. The first-order valence-electron chi connectivity index (χ1n) is 10.4. The highest BCUT2D eigenvalue weighted by Crippen LogP contribution is 2.30. The molecule has 0 spiro atoms. The number of rotatable bonds is 5. The number of imidazole rings is 1. The van der Waals surface area contributed by atoms with Crippen LogP contribution >= 0.6 is 0 Å². The number of aliphatic imine (C=N–C) groups is 1. The number of aromatic nitrogens is 4. The molecule has 0 amide bonds. The zero-order valence-corrected chi connectivity index (χ0v) is 17.6. The van der Waals surface area contributed by atoms with E-state index in [0.717, 1.165) is 33.8 Å². The molecule has 154 valence electrons. The molecule has 0 radical (unpaired) electrons. The second kappa shape index (κ2) is 8.78. The summed E-state index contributed by atoms with van der Waals surface area (Å²) < 4.78 is 1.72. The predicted molar refractivity (Wildman–Crippen MR) is 130 cm³/mol. The summed E-state index contributed by atoms with van der Waals surface area (Å²) in [6, 6.07) is 30.1. The molecule has 2 aromatic heterocycles. The lowest BCUT2D eigenvalue weighted by molar-refractivity contribution is 0.864. The highest BCUT2D eigenvalue weighted by Gasteiger charge is 2.16. The maximum atomic E-state index is 4.79. The van der Waals surface area contributed by atoms with Crippen LogP contribution < -0.4 is 0 Å². The van der Waals surface area contributed by atoms with E-state index in [0.29, 0.717) is 11.6 Å². The quantitative estimate of drug-likeness (QED) is 0.330. The first-order chi connectivity index (χ1) is 15.8. The van der Waals surface area contributed by atoms with Gasteiger partial charge in [-0.1, -0.05) is 97.1 Å². The molecule has 0 saturated heterocycles. The predicted octanol–water partition coefficient (Wildman–Crippen LogP) is 6.02. The second-order valence-corrected chi connectivity index (χ2v) is 7.36. The van der Waals surface area contributed by atoms with E-state index >= 15 is 0 Å². The molecule has 5 aromatic rings. The smallest absolute Gasteiger partial charge is 0.234 e. The van der Waals surface area contributed by atoms with Crippen LogP contribution in [0.3, 0.4) is 0 Å². The summed E-state index contributed by atoms with van der Waals surface area (Å²) in [6.07, 6.45) is 5.83. The van der Waals surface area contributed by atoms with Gasteiger partial charge in [0.1, 0.15) is 5.69 Å². The molecular formula is C27H21N5. The van der Waals surface area contributed by atoms with Gasteiger partial charge < -0.3 is 0 Å². The van der Waals surface area contributed by atoms with E-state index in [9.17, 15) is 0 Å². The van der Waals surface area contributed by atoms with Crippen molar-refractivity contribution in [2.24, 2.45) is 4.99 Å². The number of hydrogen-bond donors (Lipinski definition) is 0.